The lowest BCUT2D eigenvalue weighted by Gasteiger charge is -2.19. The molecular formula is C15H21F2N. The number of benzene rings is 1. The third-order valence-corrected chi connectivity index (χ3v) is 3.93. The van der Waals surface area contributed by atoms with Gasteiger partial charge in [-0.05, 0) is 49.4 Å². The zero-order valence-corrected chi connectivity index (χ0v) is 10.9. The minimum absolute atomic E-state index is 0.489. The molecule has 2 rings (SSSR count). The first-order chi connectivity index (χ1) is 8.69. The van der Waals surface area contributed by atoms with Gasteiger partial charge in [0.05, 0.1) is 0 Å². The van der Waals surface area contributed by atoms with Crippen LogP contribution in [0.3, 0.4) is 0 Å². The molecule has 1 nitrogen and oxygen atoms in total. The summed E-state index contributed by atoms with van der Waals surface area (Å²) >= 11 is 0. The number of hydrogen-bond acceptors (Lipinski definition) is 1. The fourth-order valence-corrected chi connectivity index (χ4v) is 2.95. The summed E-state index contributed by atoms with van der Waals surface area (Å²) in [5.41, 5.74) is 0.728. The van der Waals surface area contributed by atoms with Gasteiger partial charge in [0.15, 0.2) is 0 Å². The van der Waals surface area contributed by atoms with Gasteiger partial charge in [0, 0.05) is 12.1 Å². The van der Waals surface area contributed by atoms with Gasteiger partial charge in [-0.1, -0.05) is 19.8 Å². The summed E-state index contributed by atoms with van der Waals surface area (Å²) in [5, 5.41) is 3.53. The Morgan fingerprint density at radius 2 is 1.89 bits per heavy atom. The van der Waals surface area contributed by atoms with Gasteiger partial charge >= 0.3 is 0 Å². The fraction of sp³-hybridized carbons (Fsp3) is 0.600. The highest BCUT2D eigenvalue weighted by molar-refractivity contribution is 5.18. The zero-order chi connectivity index (χ0) is 13.0. The maximum Gasteiger partial charge on any atom is 0.126 e. The van der Waals surface area contributed by atoms with Crippen LogP contribution < -0.4 is 5.32 Å². The SMILES string of the molecule is CCC1CCCC1NCCc1cc(F)cc(F)c1. The lowest BCUT2D eigenvalue weighted by molar-refractivity contribution is 0.393. The van der Waals surface area contributed by atoms with Crippen LogP contribution in [0.5, 0.6) is 0 Å². The Morgan fingerprint density at radius 1 is 1.17 bits per heavy atom. The van der Waals surface area contributed by atoms with Crippen molar-refractivity contribution in [2.45, 2.75) is 45.1 Å². The Hall–Kier alpha value is -0.960. The number of hydrogen-bond donors (Lipinski definition) is 1. The van der Waals surface area contributed by atoms with Crippen molar-refractivity contribution in [3.8, 4) is 0 Å². The molecule has 2 atom stereocenters. The van der Waals surface area contributed by atoms with E-state index in [0.717, 1.165) is 24.1 Å². The minimum Gasteiger partial charge on any atom is -0.313 e. The van der Waals surface area contributed by atoms with Crippen LogP contribution in [0.15, 0.2) is 18.2 Å². The molecule has 1 fully saturated rings. The van der Waals surface area contributed by atoms with Crippen LogP contribution in [0.25, 0.3) is 0 Å². The molecule has 1 aliphatic carbocycles. The molecule has 0 saturated heterocycles. The Kier molecular flexibility index (Phi) is 4.70. The molecule has 1 aliphatic rings. The van der Waals surface area contributed by atoms with Crippen LogP contribution in [0.1, 0.15) is 38.2 Å². The molecule has 1 saturated carbocycles. The van der Waals surface area contributed by atoms with Crippen molar-refractivity contribution >= 4 is 0 Å². The second-order valence-corrected chi connectivity index (χ2v) is 5.19. The Bertz CT molecular complexity index is 372. The molecule has 2 unspecified atom stereocenters. The van der Waals surface area contributed by atoms with Gasteiger partial charge in [0.1, 0.15) is 11.6 Å². The van der Waals surface area contributed by atoms with E-state index in [9.17, 15) is 8.78 Å². The van der Waals surface area contributed by atoms with Crippen LogP contribution in [0, 0.1) is 17.6 Å². The van der Waals surface area contributed by atoms with Gasteiger partial charge in [0.25, 0.3) is 0 Å². The molecule has 0 spiro atoms. The highest BCUT2D eigenvalue weighted by Gasteiger charge is 2.24. The summed E-state index contributed by atoms with van der Waals surface area (Å²) in [6.07, 6.45) is 5.73. The molecule has 18 heavy (non-hydrogen) atoms. The molecule has 0 heterocycles. The lowest BCUT2D eigenvalue weighted by Crippen LogP contribution is -2.33. The van der Waals surface area contributed by atoms with Crippen LogP contribution in [0.2, 0.25) is 0 Å². The smallest absolute Gasteiger partial charge is 0.126 e. The van der Waals surface area contributed by atoms with Gasteiger partial charge in [-0.2, -0.15) is 0 Å². The van der Waals surface area contributed by atoms with Crippen molar-refractivity contribution in [1.82, 2.24) is 5.32 Å². The summed E-state index contributed by atoms with van der Waals surface area (Å²) in [7, 11) is 0. The maximum absolute atomic E-state index is 13.0. The van der Waals surface area contributed by atoms with E-state index in [1.165, 1.54) is 37.8 Å². The van der Waals surface area contributed by atoms with Gasteiger partial charge in [-0.3, -0.25) is 0 Å². The normalized spacial score (nSPS) is 23.5. The average Bonchev–Trinajstić information content (AvgIpc) is 2.75. The highest BCUT2D eigenvalue weighted by Crippen LogP contribution is 2.27. The second kappa shape index (κ2) is 6.28. The van der Waals surface area contributed by atoms with Crippen molar-refractivity contribution in [3.63, 3.8) is 0 Å². The standard InChI is InChI=1S/C15H21F2N/c1-2-12-4-3-5-15(12)18-7-6-11-8-13(16)10-14(17)9-11/h8-10,12,15,18H,2-7H2,1H3. The van der Waals surface area contributed by atoms with Crippen molar-refractivity contribution in [1.29, 1.82) is 0 Å². The van der Waals surface area contributed by atoms with Gasteiger partial charge < -0.3 is 5.32 Å². The quantitative estimate of drug-likeness (QED) is 0.844. The highest BCUT2D eigenvalue weighted by atomic mass is 19.1. The van der Waals surface area contributed by atoms with Gasteiger partial charge in [-0.15, -0.1) is 0 Å². The van der Waals surface area contributed by atoms with Crippen LogP contribution in [-0.2, 0) is 6.42 Å². The fourth-order valence-electron chi connectivity index (χ4n) is 2.95. The van der Waals surface area contributed by atoms with E-state index < -0.39 is 11.6 Å². The number of halogens is 2. The molecular weight excluding hydrogens is 232 g/mol. The predicted octanol–water partition coefficient (Wildman–Crippen LogP) is 3.68. The summed E-state index contributed by atoms with van der Waals surface area (Å²) in [6.45, 7) is 3.02. The molecule has 0 radical (unpaired) electrons. The second-order valence-electron chi connectivity index (χ2n) is 5.19. The Morgan fingerprint density at radius 3 is 2.56 bits per heavy atom. The van der Waals surface area contributed by atoms with E-state index >= 15 is 0 Å². The van der Waals surface area contributed by atoms with Crippen molar-refractivity contribution in [2.75, 3.05) is 6.54 Å². The summed E-state index contributed by atoms with van der Waals surface area (Å²) in [4.78, 5) is 0. The maximum atomic E-state index is 13.0. The summed E-state index contributed by atoms with van der Waals surface area (Å²) in [6, 6.07) is 4.34. The van der Waals surface area contributed by atoms with E-state index in [2.05, 4.69) is 12.2 Å². The molecule has 1 N–H and O–H groups in total. The Labute approximate surface area is 108 Å². The first kappa shape index (κ1) is 13.5. The molecule has 0 aromatic heterocycles. The van der Waals surface area contributed by atoms with E-state index in [-0.39, 0.29) is 0 Å². The average molecular weight is 253 g/mol. The first-order valence-corrected chi connectivity index (χ1v) is 6.87. The first-order valence-electron chi connectivity index (χ1n) is 6.87. The molecule has 1 aromatic rings. The van der Waals surface area contributed by atoms with Crippen LogP contribution in [0.4, 0.5) is 8.78 Å². The summed E-state index contributed by atoms with van der Waals surface area (Å²) in [5.74, 6) is -0.205. The van der Waals surface area contributed by atoms with Crippen molar-refractivity contribution in [3.05, 3.63) is 35.4 Å². The van der Waals surface area contributed by atoms with E-state index in [4.69, 9.17) is 0 Å². The van der Waals surface area contributed by atoms with Gasteiger partial charge in [-0.25, -0.2) is 8.78 Å². The molecule has 0 bridgehead atoms. The minimum atomic E-state index is -0.489. The Balaban J connectivity index is 1.81. The zero-order valence-electron chi connectivity index (χ0n) is 10.9. The molecule has 0 aliphatic heterocycles. The van der Waals surface area contributed by atoms with Crippen LogP contribution >= 0.6 is 0 Å². The topological polar surface area (TPSA) is 12.0 Å². The van der Waals surface area contributed by atoms with E-state index in [1.54, 1.807) is 0 Å². The molecule has 0 amide bonds. The van der Waals surface area contributed by atoms with Crippen molar-refractivity contribution < 1.29 is 8.78 Å². The van der Waals surface area contributed by atoms with E-state index in [1.807, 2.05) is 0 Å². The van der Waals surface area contributed by atoms with Gasteiger partial charge in [0.2, 0.25) is 0 Å². The molecule has 100 valence electrons. The van der Waals surface area contributed by atoms with Crippen LogP contribution in [-0.4, -0.2) is 12.6 Å². The summed E-state index contributed by atoms with van der Waals surface area (Å²) < 4.78 is 26.0. The molecule has 1 aromatic carbocycles. The third-order valence-electron chi connectivity index (χ3n) is 3.93. The van der Waals surface area contributed by atoms with E-state index in [0.29, 0.717) is 12.5 Å². The third kappa shape index (κ3) is 3.52. The largest absolute Gasteiger partial charge is 0.313 e. The lowest BCUT2D eigenvalue weighted by atomic mass is 10.0. The van der Waals surface area contributed by atoms with Crippen molar-refractivity contribution in [2.24, 2.45) is 5.92 Å². The monoisotopic (exact) mass is 253 g/mol. The number of nitrogens with one attached hydrogen (secondary N) is 1. The molecule has 3 heteroatoms. The predicted molar refractivity (Wildman–Crippen MR) is 69.5 cm³/mol. The number of rotatable bonds is 5.